The van der Waals surface area contributed by atoms with Gasteiger partial charge in [-0.1, -0.05) is 0 Å². The van der Waals surface area contributed by atoms with E-state index in [-0.39, 0.29) is 23.3 Å². The summed E-state index contributed by atoms with van der Waals surface area (Å²) in [4.78, 5) is 0. The van der Waals surface area contributed by atoms with Crippen molar-refractivity contribution in [1.82, 2.24) is 6.15 Å². The third kappa shape index (κ3) is 1.35. The molecule has 68 valence electrons. The van der Waals surface area contributed by atoms with Crippen molar-refractivity contribution in [1.29, 1.82) is 0 Å². The van der Waals surface area contributed by atoms with Crippen molar-refractivity contribution < 1.29 is 5.11 Å². The third-order valence-electron chi connectivity index (χ3n) is 1.68. The minimum atomic E-state index is -0.0864. The van der Waals surface area contributed by atoms with Gasteiger partial charge in [-0.25, -0.2) is 0 Å². The molecule has 0 saturated carbocycles. The summed E-state index contributed by atoms with van der Waals surface area (Å²) in [6, 6.07) is 1.49. The fourth-order valence-corrected chi connectivity index (χ4v) is 0.833. The van der Waals surface area contributed by atoms with Crippen molar-refractivity contribution in [3.8, 4) is 5.75 Å². The molecule has 0 unspecified atom stereocenters. The molecule has 0 aliphatic carbocycles. The van der Waals surface area contributed by atoms with Crippen LogP contribution in [0.4, 0.5) is 17.1 Å². The third-order valence-corrected chi connectivity index (χ3v) is 1.68. The predicted octanol–water partition coefficient (Wildman–Crippen LogP) is 0.609. The van der Waals surface area contributed by atoms with Crippen LogP contribution in [0, 0.1) is 6.92 Å². The standard InChI is InChI=1S/C7H11N3O.H3N/c1-3-4(8)2-5(9)7(11)6(3)10;/h2,11H,8-10H2,1H3;1H3. The van der Waals surface area contributed by atoms with Crippen LogP contribution in [0.3, 0.4) is 0 Å². The fraction of sp³-hybridized carbons (Fsp3) is 0.143. The molecule has 0 saturated heterocycles. The van der Waals surface area contributed by atoms with Gasteiger partial charge in [0.15, 0.2) is 5.75 Å². The van der Waals surface area contributed by atoms with E-state index in [0.717, 1.165) is 0 Å². The average Bonchev–Trinajstić information content (AvgIpc) is 1.97. The monoisotopic (exact) mass is 170 g/mol. The van der Waals surface area contributed by atoms with Crippen LogP contribution >= 0.6 is 0 Å². The lowest BCUT2D eigenvalue weighted by Gasteiger charge is -2.08. The number of hydrogen-bond donors (Lipinski definition) is 5. The van der Waals surface area contributed by atoms with Gasteiger partial charge in [-0.15, -0.1) is 0 Å². The first-order valence-electron chi connectivity index (χ1n) is 3.17. The summed E-state index contributed by atoms with van der Waals surface area (Å²) in [5.74, 6) is -0.0864. The smallest absolute Gasteiger partial charge is 0.162 e. The van der Waals surface area contributed by atoms with E-state index in [4.69, 9.17) is 17.2 Å². The fourth-order valence-electron chi connectivity index (χ4n) is 0.833. The highest BCUT2D eigenvalue weighted by atomic mass is 16.3. The maximum absolute atomic E-state index is 9.21. The van der Waals surface area contributed by atoms with Crippen molar-refractivity contribution in [2.75, 3.05) is 17.2 Å². The average molecular weight is 170 g/mol. The first-order chi connectivity index (χ1) is 5.04. The van der Waals surface area contributed by atoms with E-state index in [1.807, 2.05) is 0 Å². The zero-order chi connectivity index (χ0) is 8.59. The number of phenolic OH excluding ortho intramolecular Hbond substituents is 1. The number of anilines is 3. The quantitative estimate of drug-likeness (QED) is 0.221. The molecule has 0 radical (unpaired) electrons. The van der Waals surface area contributed by atoms with Crippen LogP contribution in [0.25, 0.3) is 0 Å². The van der Waals surface area contributed by atoms with E-state index in [9.17, 15) is 5.11 Å². The van der Waals surface area contributed by atoms with Gasteiger partial charge < -0.3 is 28.5 Å². The molecule has 0 atom stereocenters. The summed E-state index contributed by atoms with van der Waals surface area (Å²) in [7, 11) is 0. The summed E-state index contributed by atoms with van der Waals surface area (Å²) in [5, 5.41) is 9.21. The van der Waals surface area contributed by atoms with E-state index in [1.54, 1.807) is 6.92 Å². The van der Waals surface area contributed by atoms with Crippen molar-refractivity contribution in [3.05, 3.63) is 11.6 Å². The normalized spacial score (nSPS) is 9.08. The number of rotatable bonds is 0. The minimum Gasteiger partial charge on any atom is -0.504 e. The van der Waals surface area contributed by atoms with Gasteiger partial charge in [-0.05, 0) is 18.6 Å². The molecule has 0 amide bonds. The molecule has 1 aromatic carbocycles. The molecule has 12 heavy (non-hydrogen) atoms. The van der Waals surface area contributed by atoms with Gasteiger partial charge in [-0.3, -0.25) is 0 Å². The Morgan fingerprint density at radius 1 is 1.17 bits per heavy atom. The van der Waals surface area contributed by atoms with Crippen molar-refractivity contribution >= 4 is 17.1 Å². The van der Waals surface area contributed by atoms with Crippen molar-refractivity contribution in [2.45, 2.75) is 6.92 Å². The van der Waals surface area contributed by atoms with Gasteiger partial charge in [0.25, 0.3) is 0 Å². The maximum Gasteiger partial charge on any atom is 0.162 e. The summed E-state index contributed by atoms with van der Waals surface area (Å²) in [6.07, 6.45) is 0. The number of nitrogen functional groups attached to an aromatic ring is 3. The zero-order valence-electron chi connectivity index (χ0n) is 6.96. The molecule has 1 rings (SSSR count). The largest absolute Gasteiger partial charge is 0.504 e. The lowest BCUT2D eigenvalue weighted by Crippen LogP contribution is -1.99. The molecule has 0 heterocycles. The second-order valence-electron chi connectivity index (χ2n) is 2.44. The number of benzene rings is 1. The molecule has 5 heteroatoms. The van der Waals surface area contributed by atoms with Gasteiger partial charge >= 0.3 is 0 Å². The van der Waals surface area contributed by atoms with E-state index >= 15 is 0 Å². The van der Waals surface area contributed by atoms with Crippen LogP contribution in [0.1, 0.15) is 5.56 Å². The topological polar surface area (TPSA) is 133 Å². The second kappa shape index (κ2) is 3.19. The van der Waals surface area contributed by atoms with Gasteiger partial charge in [0.2, 0.25) is 0 Å². The molecule has 10 N–H and O–H groups in total. The second-order valence-corrected chi connectivity index (χ2v) is 2.44. The van der Waals surface area contributed by atoms with Crippen LogP contribution in [0.5, 0.6) is 5.75 Å². The van der Waals surface area contributed by atoms with Crippen LogP contribution in [-0.4, -0.2) is 5.11 Å². The summed E-state index contributed by atoms with van der Waals surface area (Å²) in [5.41, 5.74) is 18.0. The Hall–Kier alpha value is -1.62. The number of nitrogens with two attached hydrogens (primary N) is 3. The molecule has 0 aromatic heterocycles. The molecule has 0 aliphatic rings. The Bertz CT molecular complexity index is 272. The molecule has 0 aliphatic heterocycles. The first-order valence-corrected chi connectivity index (χ1v) is 3.17. The van der Waals surface area contributed by atoms with Crippen LogP contribution in [0.15, 0.2) is 6.07 Å². The minimum absolute atomic E-state index is 0. The molecule has 5 nitrogen and oxygen atoms in total. The van der Waals surface area contributed by atoms with E-state index in [1.165, 1.54) is 6.07 Å². The molecular weight excluding hydrogens is 156 g/mol. The van der Waals surface area contributed by atoms with E-state index in [0.29, 0.717) is 11.3 Å². The molecule has 0 bridgehead atoms. The Morgan fingerprint density at radius 2 is 1.67 bits per heavy atom. The Kier molecular flexibility index (Phi) is 2.76. The molecular formula is C7H14N4O. The van der Waals surface area contributed by atoms with Gasteiger partial charge in [0, 0.05) is 5.69 Å². The summed E-state index contributed by atoms with van der Waals surface area (Å²) >= 11 is 0. The highest BCUT2D eigenvalue weighted by molar-refractivity contribution is 5.77. The van der Waals surface area contributed by atoms with Gasteiger partial charge in [0.1, 0.15) is 0 Å². The Morgan fingerprint density at radius 3 is 2.17 bits per heavy atom. The maximum atomic E-state index is 9.21. The number of phenols is 1. The van der Waals surface area contributed by atoms with E-state index in [2.05, 4.69) is 0 Å². The van der Waals surface area contributed by atoms with Crippen LogP contribution in [-0.2, 0) is 0 Å². The van der Waals surface area contributed by atoms with Gasteiger partial charge in [-0.2, -0.15) is 0 Å². The first kappa shape index (κ1) is 10.4. The number of aromatic hydroxyl groups is 1. The molecule has 0 fully saturated rings. The summed E-state index contributed by atoms with van der Waals surface area (Å²) < 4.78 is 0. The highest BCUT2D eigenvalue weighted by Crippen LogP contribution is 2.33. The lowest BCUT2D eigenvalue weighted by molar-refractivity contribution is 0.480. The zero-order valence-corrected chi connectivity index (χ0v) is 6.96. The van der Waals surface area contributed by atoms with Gasteiger partial charge in [0.05, 0.1) is 11.4 Å². The lowest BCUT2D eigenvalue weighted by atomic mass is 10.1. The molecule has 0 spiro atoms. The molecule has 1 aromatic rings. The summed E-state index contributed by atoms with van der Waals surface area (Å²) in [6.45, 7) is 1.73. The SMILES string of the molecule is Cc1c(N)cc(N)c(O)c1N.N. The highest BCUT2D eigenvalue weighted by Gasteiger charge is 2.07. The van der Waals surface area contributed by atoms with Crippen molar-refractivity contribution in [2.24, 2.45) is 0 Å². The Labute approximate surface area is 70.7 Å². The van der Waals surface area contributed by atoms with Crippen LogP contribution in [0.2, 0.25) is 0 Å². The van der Waals surface area contributed by atoms with Crippen LogP contribution < -0.4 is 23.4 Å². The van der Waals surface area contributed by atoms with Crippen molar-refractivity contribution in [3.63, 3.8) is 0 Å². The Balaban J connectivity index is 0.00000121. The van der Waals surface area contributed by atoms with E-state index < -0.39 is 0 Å². The number of hydrogen-bond acceptors (Lipinski definition) is 5. The predicted molar refractivity (Wildman–Crippen MR) is 51.1 cm³/mol.